The molecule has 3 aromatic rings. The Labute approximate surface area is 128 Å². The van der Waals surface area contributed by atoms with E-state index in [4.69, 9.17) is 13.9 Å². The molecule has 0 unspecified atom stereocenters. The Balaban J connectivity index is 1.95. The van der Waals surface area contributed by atoms with Gasteiger partial charge >= 0.3 is 0 Å². The Morgan fingerprint density at radius 2 is 1.95 bits per heavy atom. The maximum atomic E-state index is 5.79. The summed E-state index contributed by atoms with van der Waals surface area (Å²) in [6.07, 6.45) is 3.88. The van der Waals surface area contributed by atoms with Gasteiger partial charge in [-0.05, 0) is 36.3 Å². The minimum Gasteiger partial charge on any atom is -0.496 e. The maximum absolute atomic E-state index is 5.79. The third-order valence-corrected chi connectivity index (χ3v) is 4.08. The van der Waals surface area contributed by atoms with Crippen molar-refractivity contribution >= 4 is 16.5 Å². The van der Waals surface area contributed by atoms with Crippen LogP contribution in [0.4, 0.5) is 0 Å². The Morgan fingerprint density at radius 1 is 1.09 bits per heavy atom. The minimum atomic E-state index is 0.547. The second-order valence-electron chi connectivity index (χ2n) is 5.39. The van der Waals surface area contributed by atoms with Crippen LogP contribution >= 0.6 is 0 Å². The van der Waals surface area contributed by atoms with Crippen molar-refractivity contribution in [2.24, 2.45) is 0 Å². The van der Waals surface area contributed by atoms with Crippen molar-refractivity contribution in [3.8, 4) is 11.5 Å². The summed E-state index contributed by atoms with van der Waals surface area (Å²) in [6, 6.07) is 12.2. The third-order valence-electron chi connectivity index (χ3n) is 4.08. The van der Waals surface area contributed by atoms with Crippen LogP contribution in [0.25, 0.3) is 16.5 Å². The number of ether oxygens (including phenoxy) is 2. The molecule has 3 nitrogen and oxygen atoms in total. The number of rotatable bonds is 2. The summed E-state index contributed by atoms with van der Waals surface area (Å²) in [4.78, 5) is 0. The molecule has 3 heteroatoms. The van der Waals surface area contributed by atoms with Crippen molar-refractivity contribution in [3.05, 3.63) is 65.4 Å². The minimum absolute atomic E-state index is 0.547. The van der Waals surface area contributed by atoms with Crippen LogP contribution in [-0.4, -0.2) is 13.7 Å². The summed E-state index contributed by atoms with van der Waals surface area (Å²) < 4.78 is 16.9. The summed E-state index contributed by atoms with van der Waals surface area (Å²) in [5, 5.41) is 1.12. The zero-order valence-corrected chi connectivity index (χ0v) is 12.6. The molecule has 0 atom stereocenters. The highest BCUT2D eigenvalue weighted by Crippen LogP contribution is 2.40. The first-order valence-corrected chi connectivity index (χ1v) is 7.26. The van der Waals surface area contributed by atoms with Gasteiger partial charge in [0, 0.05) is 22.6 Å². The largest absolute Gasteiger partial charge is 0.496 e. The lowest BCUT2D eigenvalue weighted by atomic mass is 9.93. The fourth-order valence-electron chi connectivity index (χ4n) is 2.96. The van der Waals surface area contributed by atoms with Crippen LogP contribution in [0.3, 0.4) is 0 Å². The molecule has 2 aromatic carbocycles. The van der Waals surface area contributed by atoms with Crippen molar-refractivity contribution in [2.45, 2.75) is 6.92 Å². The molecule has 1 aromatic heterocycles. The van der Waals surface area contributed by atoms with Crippen molar-refractivity contribution in [3.63, 3.8) is 0 Å². The van der Waals surface area contributed by atoms with Gasteiger partial charge in [0.2, 0.25) is 0 Å². The summed E-state index contributed by atoms with van der Waals surface area (Å²) in [7, 11) is 1.70. The van der Waals surface area contributed by atoms with E-state index in [1.54, 1.807) is 13.4 Å². The highest BCUT2D eigenvalue weighted by Gasteiger charge is 2.20. The first-order valence-electron chi connectivity index (χ1n) is 7.26. The highest BCUT2D eigenvalue weighted by molar-refractivity contribution is 5.93. The summed E-state index contributed by atoms with van der Waals surface area (Å²) in [5.74, 6) is 1.72. The van der Waals surface area contributed by atoms with Crippen LogP contribution in [-0.2, 0) is 0 Å². The van der Waals surface area contributed by atoms with Gasteiger partial charge in [-0.15, -0.1) is 0 Å². The topological polar surface area (TPSA) is 31.6 Å². The molecule has 4 rings (SSSR count). The van der Waals surface area contributed by atoms with Gasteiger partial charge in [0.25, 0.3) is 0 Å². The predicted octanol–water partition coefficient (Wildman–Crippen LogP) is 4.57. The monoisotopic (exact) mass is 292 g/mol. The third kappa shape index (κ3) is 1.90. The van der Waals surface area contributed by atoms with E-state index in [1.807, 2.05) is 31.2 Å². The lowest BCUT2D eigenvalue weighted by Gasteiger charge is -2.20. The van der Waals surface area contributed by atoms with Gasteiger partial charge < -0.3 is 13.9 Å². The fraction of sp³-hybridized carbons (Fsp3) is 0.158. The Bertz CT molecular complexity index is 887. The predicted molar refractivity (Wildman–Crippen MR) is 86.5 cm³/mol. The van der Waals surface area contributed by atoms with Crippen LogP contribution < -0.4 is 9.47 Å². The number of para-hydroxylation sites is 1. The van der Waals surface area contributed by atoms with Crippen LogP contribution in [0.1, 0.15) is 16.7 Å². The average Bonchev–Trinajstić information content (AvgIpc) is 2.93. The lowest BCUT2D eigenvalue weighted by molar-refractivity contribution is 0.357. The van der Waals surface area contributed by atoms with Crippen LogP contribution in [0.15, 0.2) is 53.2 Å². The molecular formula is C19H16O3. The molecule has 110 valence electrons. The van der Waals surface area contributed by atoms with E-state index in [0.717, 1.165) is 44.7 Å². The molecule has 1 aliphatic heterocycles. The van der Waals surface area contributed by atoms with E-state index in [0.29, 0.717) is 6.61 Å². The van der Waals surface area contributed by atoms with E-state index >= 15 is 0 Å². The Kier molecular flexibility index (Phi) is 2.93. The number of furan rings is 1. The number of aryl methyl sites for hydroxylation is 1. The van der Waals surface area contributed by atoms with Gasteiger partial charge in [0.1, 0.15) is 23.7 Å². The molecule has 0 N–H and O–H groups in total. The normalized spacial score (nSPS) is 13.5. The number of hydrogen-bond acceptors (Lipinski definition) is 3. The van der Waals surface area contributed by atoms with Gasteiger partial charge in [0.15, 0.2) is 0 Å². The van der Waals surface area contributed by atoms with Crippen molar-refractivity contribution in [1.82, 2.24) is 0 Å². The Hall–Kier alpha value is -2.68. The van der Waals surface area contributed by atoms with Crippen molar-refractivity contribution < 1.29 is 13.9 Å². The molecule has 0 spiro atoms. The molecule has 22 heavy (non-hydrogen) atoms. The van der Waals surface area contributed by atoms with Crippen LogP contribution in [0.2, 0.25) is 0 Å². The highest BCUT2D eigenvalue weighted by atomic mass is 16.5. The van der Waals surface area contributed by atoms with Crippen molar-refractivity contribution in [2.75, 3.05) is 13.7 Å². The van der Waals surface area contributed by atoms with Crippen LogP contribution in [0, 0.1) is 6.92 Å². The molecule has 0 aliphatic carbocycles. The molecule has 0 radical (unpaired) electrons. The summed E-state index contributed by atoms with van der Waals surface area (Å²) in [5.41, 5.74) is 5.28. The molecule has 0 fully saturated rings. The fourth-order valence-corrected chi connectivity index (χ4v) is 2.96. The van der Waals surface area contributed by atoms with Gasteiger partial charge in [-0.3, -0.25) is 0 Å². The van der Waals surface area contributed by atoms with E-state index in [1.165, 1.54) is 0 Å². The average molecular weight is 292 g/mol. The lowest BCUT2D eigenvalue weighted by Crippen LogP contribution is -2.06. The standard InChI is InChI=1S/C19H16O3/c1-12-11-22-18-10-19-16(9-15(12)18)13(7-8-21-19)14-5-3-4-6-17(14)20-2/h3-7,9-11H,8H2,1-2H3. The Morgan fingerprint density at radius 3 is 2.82 bits per heavy atom. The molecule has 1 aliphatic rings. The SMILES string of the molecule is COc1ccccc1C1=CCOc2cc3occ(C)c3cc21. The van der Waals surface area contributed by atoms with E-state index in [2.05, 4.69) is 18.2 Å². The quantitative estimate of drug-likeness (QED) is 0.693. The number of methoxy groups -OCH3 is 1. The zero-order chi connectivity index (χ0) is 15.1. The first kappa shape index (κ1) is 13.0. The number of hydrogen-bond donors (Lipinski definition) is 0. The maximum Gasteiger partial charge on any atom is 0.137 e. The second-order valence-corrected chi connectivity index (χ2v) is 5.39. The molecule has 0 bridgehead atoms. The smallest absolute Gasteiger partial charge is 0.137 e. The number of fused-ring (bicyclic) bond motifs is 2. The molecule has 2 heterocycles. The molecular weight excluding hydrogens is 276 g/mol. The van der Waals surface area contributed by atoms with E-state index in [-0.39, 0.29) is 0 Å². The number of benzene rings is 2. The molecule has 0 saturated heterocycles. The summed E-state index contributed by atoms with van der Waals surface area (Å²) in [6.45, 7) is 2.60. The molecule has 0 saturated carbocycles. The van der Waals surface area contributed by atoms with Crippen molar-refractivity contribution in [1.29, 1.82) is 0 Å². The first-order chi connectivity index (χ1) is 10.8. The second kappa shape index (κ2) is 4.95. The van der Waals surface area contributed by atoms with Gasteiger partial charge in [-0.25, -0.2) is 0 Å². The molecule has 0 amide bonds. The zero-order valence-electron chi connectivity index (χ0n) is 12.6. The van der Waals surface area contributed by atoms with Crippen LogP contribution in [0.5, 0.6) is 11.5 Å². The van der Waals surface area contributed by atoms with Gasteiger partial charge in [-0.1, -0.05) is 18.2 Å². The van der Waals surface area contributed by atoms with Gasteiger partial charge in [0.05, 0.1) is 13.4 Å². The van der Waals surface area contributed by atoms with E-state index < -0.39 is 0 Å². The van der Waals surface area contributed by atoms with Gasteiger partial charge in [-0.2, -0.15) is 0 Å². The van der Waals surface area contributed by atoms with E-state index in [9.17, 15) is 0 Å². The summed E-state index contributed by atoms with van der Waals surface area (Å²) >= 11 is 0.